The van der Waals surface area contributed by atoms with E-state index in [-0.39, 0.29) is 6.54 Å². The van der Waals surface area contributed by atoms with E-state index in [2.05, 4.69) is 0 Å². The molecule has 2 aromatic rings. The van der Waals surface area contributed by atoms with Crippen LogP contribution in [0.1, 0.15) is 12.5 Å². The van der Waals surface area contributed by atoms with Crippen LogP contribution in [0.5, 0.6) is 0 Å². The minimum absolute atomic E-state index is 0.001000. The summed E-state index contributed by atoms with van der Waals surface area (Å²) in [6, 6.07) is 13.4. The summed E-state index contributed by atoms with van der Waals surface area (Å²) in [4.78, 5) is 0. The number of hydrogen-bond acceptors (Lipinski definition) is 1. The topological polar surface area (TPSA) is 26.0 Å². The molecule has 0 radical (unpaired) electrons. The lowest BCUT2D eigenvalue weighted by Gasteiger charge is -2.20. The van der Waals surface area contributed by atoms with Crippen molar-refractivity contribution in [2.45, 2.75) is 12.6 Å². The lowest BCUT2D eigenvalue weighted by atomic mass is 9.92. The first-order valence-corrected chi connectivity index (χ1v) is 5.02. The highest BCUT2D eigenvalue weighted by Crippen LogP contribution is 2.30. The van der Waals surface area contributed by atoms with Gasteiger partial charge in [-0.15, -0.1) is 0 Å². The highest BCUT2D eigenvalue weighted by atomic mass is 19.1. The minimum atomic E-state index is -1.46. The van der Waals surface area contributed by atoms with Gasteiger partial charge in [-0.05, 0) is 23.3 Å². The average Bonchev–Trinajstić information content (AvgIpc) is 2.28. The molecule has 0 spiro atoms. The van der Waals surface area contributed by atoms with Crippen molar-refractivity contribution >= 4 is 10.8 Å². The molecule has 78 valence electrons. The Morgan fingerprint density at radius 2 is 1.80 bits per heavy atom. The lowest BCUT2D eigenvalue weighted by Crippen LogP contribution is -2.26. The minimum Gasteiger partial charge on any atom is -0.327 e. The second kappa shape index (κ2) is 3.63. The molecule has 2 N–H and O–H groups in total. The fourth-order valence-electron chi connectivity index (χ4n) is 1.79. The molecule has 0 saturated heterocycles. The number of halogens is 1. The van der Waals surface area contributed by atoms with Crippen molar-refractivity contribution in [2.24, 2.45) is 5.73 Å². The van der Waals surface area contributed by atoms with E-state index in [1.165, 1.54) is 6.92 Å². The van der Waals surface area contributed by atoms with Crippen LogP contribution in [0.2, 0.25) is 0 Å². The summed E-state index contributed by atoms with van der Waals surface area (Å²) in [5, 5.41) is 1.99. The van der Waals surface area contributed by atoms with Gasteiger partial charge in [-0.25, -0.2) is 4.39 Å². The quantitative estimate of drug-likeness (QED) is 0.797. The van der Waals surface area contributed by atoms with Crippen LogP contribution < -0.4 is 5.73 Å². The maximum absolute atomic E-state index is 14.2. The molecule has 0 aliphatic heterocycles. The van der Waals surface area contributed by atoms with Gasteiger partial charge in [0.2, 0.25) is 0 Å². The molecular formula is C13H14FN. The van der Waals surface area contributed by atoms with Gasteiger partial charge in [0, 0.05) is 6.54 Å². The summed E-state index contributed by atoms with van der Waals surface area (Å²) in [5.41, 5.74) is 4.67. The lowest BCUT2D eigenvalue weighted by molar-refractivity contribution is 0.205. The standard InChI is InChI=1S/C13H14FN/c1-13(14,9-15)12-8-4-6-10-5-2-3-7-11(10)12/h2-8H,9,15H2,1H3. The Bertz CT molecular complexity index is 471. The molecule has 0 aliphatic carbocycles. The molecule has 0 aliphatic rings. The molecule has 0 fully saturated rings. The summed E-state index contributed by atoms with van der Waals surface area (Å²) in [6.07, 6.45) is 0. The van der Waals surface area contributed by atoms with Gasteiger partial charge in [-0.1, -0.05) is 42.5 Å². The van der Waals surface area contributed by atoms with E-state index in [4.69, 9.17) is 5.73 Å². The Kier molecular flexibility index (Phi) is 2.45. The van der Waals surface area contributed by atoms with Gasteiger partial charge >= 0.3 is 0 Å². The predicted octanol–water partition coefficient (Wildman–Crippen LogP) is 2.98. The number of alkyl halides is 1. The monoisotopic (exact) mass is 203 g/mol. The van der Waals surface area contributed by atoms with E-state index < -0.39 is 5.67 Å². The van der Waals surface area contributed by atoms with Crippen molar-refractivity contribution in [2.75, 3.05) is 6.54 Å². The molecular weight excluding hydrogens is 189 g/mol. The maximum Gasteiger partial charge on any atom is 0.145 e. The Balaban J connectivity index is 2.71. The number of fused-ring (bicyclic) bond motifs is 1. The van der Waals surface area contributed by atoms with E-state index in [9.17, 15) is 4.39 Å². The van der Waals surface area contributed by atoms with E-state index in [0.29, 0.717) is 5.56 Å². The van der Waals surface area contributed by atoms with Crippen molar-refractivity contribution in [3.8, 4) is 0 Å². The van der Waals surface area contributed by atoms with Gasteiger partial charge in [0.25, 0.3) is 0 Å². The van der Waals surface area contributed by atoms with E-state index in [1.807, 2.05) is 36.4 Å². The highest BCUT2D eigenvalue weighted by Gasteiger charge is 2.25. The van der Waals surface area contributed by atoms with Crippen molar-refractivity contribution in [3.05, 3.63) is 48.0 Å². The summed E-state index contributed by atoms with van der Waals surface area (Å²) < 4.78 is 14.2. The molecule has 0 aromatic heterocycles. The van der Waals surface area contributed by atoms with Gasteiger partial charge in [-0.3, -0.25) is 0 Å². The van der Waals surface area contributed by atoms with Crippen LogP contribution in [0.25, 0.3) is 10.8 Å². The molecule has 0 saturated carbocycles. The van der Waals surface area contributed by atoms with Gasteiger partial charge in [0.05, 0.1) is 0 Å². The first kappa shape index (κ1) is 10.1. The smallest absolute Gasteiger partial charge is 0.145 e. The predicted molar refractivity (Wildman–Crippen MR) is 61.5 cm³/mol. The Hall–Kier alpha value is -1.41. The second-order valence-corrected chi connectivity index (χ2v) is 3.93. The van der Waals surface area contributed by atoms with Crippen LogP contribution in [-0.2, 0) is 5.67 Å². The molecule has 0 bridgehead atoms. The third kappa shape index (κ3) is 1.73. The van der Waals surface area contributed by atoms with Gasteiger partial charge in [-0.2, -0.15) is 0 Å². The molecule has 15 heavy (non-hydrogen) atoms. The normalized spacial score (nSPS) is 15.1. The molecule has 1 nitrogen and oxygen atoms in total. The second-order valence-electron chi connectivity index (χ2n) is 3.93. The van der Waals surface area contributed by atoms with E-state index in [1.54, 1.807) is 6.07 Å². The summed E-state index contributed by atoms with van der Waals surface area (Å²) in [6.45, 7) is 1.52. The molecule has 0 amide bonds. The van der Waals surface area contributed by atoms with E-state index >= 15 is 0 Å². The van der Waals surface area contributed by atoms with Crippen molar-refractivity contribution in [3.63, 3.8) is 0 Å². The molecule has 2 rings (SSSR count). The molecule has 1 atom stereocenters. The first-order chi connectivity index (χ1) is 7.15. The van der Waals surface area contributed by atoms with Crippen LogP contribution in [0.4, 0.5) is 4.39 Å². The zero-order valence-corrected chi connectivity index (χ0v) is 8.70. The Morgan fingerprint density at radius 3 is 2.53 bits per heavy atom. The molecule has 2 heteroatoms. The van der Waals surface area contributed by atoms with E-state index in [0.717, 1.165) is 10.8 Å². The molecule has 0 heterocycles. The third-order valence-electron chi connectivity index (χ3n) is 2.73. The van der Waals surface area contributed by atoms with Gasteiger partial charge in [0.1, 0.15) is 5.67 Å². The zero-order chi connectivity index (χ0) is 10.9. The van der Waals surface area contributed by atoms with Gasteiger partial charge in [0.15, 0.2) is 0 Å². The van der Waals surface area contributed by atoms with Crippen molar-refractivity contribution in [1.29, 1.82) is 0 Å². The summed E-state index contributed by atoms with van der Waals surface area (Å²) in [7, 11) is 0. The van der Waals surface area contributed by atoms with Crippen LogP contribution in [0.3, 0.4) is 0 Å². The van der Waals surface area contributed by atoms with Crippen LogP contribution in [-0.4, -0.2) is 6.54 Å². The maximum atomic E-state index is 14.2. The van der Waals surface area contributed by atoms with Crippen LogP contribution in [0, 0.1) is 0 Å². The van der Waals surface area contributed by atoms with Crippen LogP contribution in [0.15, 0.2) is 42.5 Å². The van der Waals surface area contributed by atoms with Crippen molar-refractivity contribution in [1.82, 2.24) is 0 Å². The Labute approximate surface area is 88.7 Å². The third-order valence-corrected chi connectivity index (χ3v) is 2.73. The zero-order valence-electron chi connectivity index (χ0n) is 8.70. The number of rotatable bonds is 2. The summed E-state index contributed by atoms with van der Waals surface area (Å²) in [5.74, 6) is 0. The van der Waals surface area contributed by atoms with Crippen molar-refractivity contribution < 1.29 is 4.39 Å². The SMILES string of the molecule is CC(F)(CN)c1cccc2ccccc12. The Morgan fingerprint density at radius 1 is 1.13 bits per heavy atom. The summed E-state index contributed by atoms with van der Waals surface area (Å²) >= 11 is 0. The van der Waals surface area contributed by atoms with Crippen LogP contribution >= 0.6 is 0 Å². The number of hydrogen-bond donors (Lipinski definition) is 1. The fourth-order valence-corrected chi connectivity index (χ4v) is 1.79. The average molecular weight is 203 g/mol. The fraction of sp³-hybridized carbons (Fsp3) is 0.231. The number of nitrogens with two attached hydrogens (primary N) is 1. The largest absolute Gasteiger partial charge is 0.327 e. The number of benzene rings is 2. The first-order valence-electron chi connectivity index (χ1n) is 5.02. The molecule has 1 unspecified atom stereocenters. The highest BCUT2D eigenvalue weighted by molar-refractivity contribution is 5.86. The molecule has 2 aromatic carbocycles. The van der Waals surface area contributed by atoms with Gasteiger partial charge < -0.3 is 5.73 Å².